The number of hydrogen-bond acceptors (Lipinski definition) is 5. The van der Waals surface area contributed by atoms with Gasteiger partial charge in [-0.3, -0.25) is 9.59 Å². The van der Waals surface area contributed by atoms with Gasteiger partial charge in [0.05, 0.1) is 21.1 Å². The van der Waals surface area contributed by atoms with Crippen molar-refractivity contribution in [2.45, 2.75) is 19.8 Å². The lowest BCUT2D eigenvalue weighted by Gasteiger charge is -2.31. The largest absolute Gasteiger partial charge is 0.369 e. The summed E-state index contributed by atoms with van der Waals surface area (Å²) in [5.74, 6) is -0.383. The second-order valence-corrected chi connectivity index (χ2v) is 7.45. The van der Waals surface area contributed by atoms with E-state index in [1.165, 1.54) is 0 Å². The van der Waals surface area contributed by atoms with Gasteiger partial charge in [-0.1, -0.05) is 0 Å². The number of nitrogens with two attached hydrogens (primary N) is 1. The summed E-state index contributed by atoms with van der Waals surface area (Å²) in [4.78, 5) is 30.2. The molecule has 24 heavy (non-hydrogen) atoms. The molecule has 3 N–H and O–H groups in total. The van der Waals surface area contributed by atoms with Gasteiger partial charge in [-0.2, -0.15) is 0 Å². The topological polar surface area (TPSA) is 88.3 Å². The number of fused-ring (bicyclic) bond motifs is 1. The van der Waals surface area contributed by atoms with Gasteiger partial charge in [-0.15, -0.1) is 11.3 Å². The molecule has 0 saturated carbocycles. The van der Waals surface area contributed by atoms with E-state index in [1.54, 1.807) is 11.3 Å². The fourth-order valence-corrected chi connectivity index (χ4v) is 3.91. The van der Waals surface area contributed by atoms with Crippen LogP contribution in [-0.2, 0) is 4.79 Å². The Labute approximate surface area is 145 Å². The lowest BCUT2D eigenvalue weighted by Crippen LogP contribution is -2.44. The average molecular weight is 346 g/mol. The van der Waals surface area contributed by atoms with E-state index in [9.17, 15) is 9.59 Å². The molecule has 2 aromatic rings. The Balaban J connectivity index is 1.52. The molecule has 6 nitrogen and oxygen atoms in total. The highest BCUT2D eigenvalue weighted by Gasteiger charge is 2.23. The summed E-state index contributed by atoms with van der Waals surface area (Å²) in [6, 6.07) is 5.61. The lowest BCUT2D eigenvalue weighted by atomic mass is 9.97. The molecule has 1 fully saturated rings. The van der Waals surface area contributed by atoms with Crippen LogP contribution in [0.3, 0.4) is 0 Å². The van der Waals surface area contributed by atoms with E-state index in [2.05, 4.69) is 15.2 Å². The van der Waals surface area contributed by atoms with Crippen molar-refractivity contribution in [2.75, 3.05) is 26.2 Å². The first-order chi connectivity index (χ1) is 11.5. The molecule has 1 atom stereocenters. The third-order valence-electron chi connectivity index (χ3n) is 4.38. The molecule has 0 radical (unpaired) electrons. The SMILES string of the molecule is Cc1nc2cc(C(=O)NCCN3CCC[C@H](C(N)=O)C3)ccc2s1. The Morgan fingerprint density at radius 3 is 3.08 bits per heavy atom. The minimum Gasteiger partial charge on any atom is -0.369 e. The minimum atomic E-state index is -0.226. The zero-order valence-corrected chi connectivity index (χ0v) is 14.6. The average Bonchev–Trinajstić information content (AvgIpc) is 2.94. The molecule has 2 amide bonds. The van der Waals surface area contributed by atoms with Crippen molar-refractivity contribution < 1.29 is 9.59 Å². The summed E-state index contributed by atoms with van der Waals surface area (Å²) in [5, 5.41) is 3.94. The van der Waals surface area contributed by atoms with Gasteiger partial charge in [-0.05, 0) is 44.5 Å². The van der Waals surface area contributed by atoms with E-state index >= 15 is 0 Å². The first-order valence-electron chi connectivity index (χ1n) is 8.20. The van der Waals surface area contributed by atoms with Gasteiger partial charge < -0.3 is 16.0 Å². The van der Waals surface area contributed by atoms with Gasteiger partial charge in [0, 0.05) is 25.2 Å². The predicted octanol–water partition coefficient (Wildman–Crippen LogP) is 1.53. The number of nitrogens with zero attached hydrogens (tertiary/aromatic N) is 2. The molecule has 1 aliphatic heterocycles. The maximum absolute atomic E-state index is 12.3. The van der Waals surface area contributed by atoms with Crippen molar-refractivity contribution in [1.29, 1.82) is 0 Å². The fraction of sp³-hybridized carbons (Fsp3) is 0.471. The number of aryl methyl sites for hydroxylation is 1. The Morgan fingerprint density at radius 1 is 1.46 bits per heavy atom. The number of carbonyl (C=O) groups excluding carboxylic acids is 2. The van der Waals surface area contributed by atoms with Crippen molar-refractivity contribution in [1.82, 2.24) is 15.2 Å². The van der Waals surface area contributed by atoms with Crippen LogP contribution < -0.4 is 11.1 Å². The quantitative estimate of drug-likeness (QED) is 0.859. The number of thiazole rings is 1. The van der Waals surface area contributed by atoms with E-state index in [0.29, 0.717) is 18.7 Å². The monoisotopic (exact) mass is 346 g/mol. The number of nitrogens with one attached hydrogen (secondary N) is 1. The Morgan fingerprint density at radius 2 is 2.29 bits per heavy atom. The van der Waals surface area contributed by atoms with Gasteiger partial charge in [0.25, 0.3) is 5.91 Å². The maximum Gasteiger partial charge on any atom is 0.251 e. The smallest absolute Gasteiger partial charge is 0.251 e. The van der Waals surface area contributed by atoms with E-state index in [4.69, 9.17) is 5.73 Å². The number of amides is 2. The van der Waals surface area contributed by atoms with Crippen LogP contribution in [0.1, 0.15) is 28.2 Å². The number of primary amides is 1. The highest BCUT2D eigenvalue weighted by Crippen LogP contribution is 2.22. The molecule has 0 aliphatic carbocycles. The van der Waals surface area contributed by atoms with Gasteiger partial charge >= 0.3 is 0 Å². The fourth-order valence-electron chi connectivity index (χ4n) is 3.10. The van der Waals surface area contributed by atoms with Gasteiger partial charge in [0.15, 0.2) is 0 Å². The number of piperidine rings is 1. The van der Waals surface area contributed by atoms with Crippen molar-refractivity contribution in [2.24, 2.45) is 11.7 Å². The molecule has 1 aromatic carbocycles. The van der Waals surface area contributed by atoms with Gasteiger partial charge in [0.2, 0.25) is 5.91 Å². The summed E-state index contributed by atoms with van der Waals surface area (Å²) < 4.78 is 1.09. The standard InChI is InChI=1S/C17H22N4O2S/c1-11-20-14-9-12(4-5-15(14)24-11)17(23)19-6-8-21-7-2-3-13(10-21)16(18)22/h4-5,9,13H,2-3,6-8,10H2,1H3,(H2,18,22)(H,19,23)/t13-/m0/s1. The summed E-state index contributed by atoms with van der Waals surface area (Å²) in [5.41, 5.74) is 6.88. The third-order valence-corrected chi connectivity index (χ3v) is 5.33. The van der Waals surface area contributed by atoms with Crippen LogP contribution in [0.2, 0.25) is 0 Å². The van der Waals surface area contributed by atoms with E-state index in [0.717, 1.165) is 41.2 Å². The van der Waals surface area contributed by atoms with Crippen LogP contribution in [0, 0.1) is 12.8 Å². The number of aromatic nitrogens is 1. The molecule has 1 aliphatic rings. The van der Waals surface area contributed by atoms with Crippen LogP contribution in [-0.4, -0.2) is 47.9 Å². The van der Waals surface area contributed by atoms with Crippen molar-refractivity contribution in [3.63, 3.8) is 0 Å². The lowest BCUT2D eigenvalue weighted by molar-refractivity contribution is -0.123. The number of likely N-dealkylation sites (tertiary alicyclic amines) is 1. The summed E-state index contributed by atoms with van der Waals surface area (Å²) in [6.45, 7) is 4.88. The molecule has 0 unspecified atom stereocenters. The zero-order valence-electron chi connectivity index (χ0n) is 13.7. The van der Waals surface area contributed by atoms with Crippen LogP contribution in [0.4, 0.5) is 0 Å². The Bertz CT molecular complexity index is 758. The minimum absolute atomic E-state index is 0.0650. The predicted molar refractivity (Wildman–Crippen MR) is 95.0 cm³/mol. The number of rotatable bonds is 5. The van der Waals surface area contributed by atoms with Crippen molar-refractivity contribution >= 4 is 33.4 Å². The van der Waals surface area contributed by atoms with E-state index in [-0.39, 0.29) is 17.7 Å². The first kappa shape index (κ1) is 16.9. The molecule has 128 valence electrons. The van der Waals surface area contributed by atoms with Crippen LogP contribution >= 0.6 is 11.3 Å². The number of carbonyl (C=O) groups is 2. The molecular weight excluding hydrogens is 324 g/mol. The van der Waals surface area contributed by atoms with Gasteiger partial charge in [-0.25, -0.2) is 4.98 Å². The van der Waals surface area contributed by atoms with Crippen LogP contribution in [0.15, 0.2) is 18.2 Å². The van der Waals surface area contributed by atoms with Crippen molar-refractivity contribution in [3.8, 4) is 0 Å². The first-order valence-corrected chi connectivity index (χ1v) is 9.01. The highest BCUT2D eigenvalue weighted by molar-refractivity contribution is 7.18. The zero-order chi connectivity index (χ0) is 17.1. The summed E-state index contributed by atoms with van der Waals surface area (Å²) in [7, 11) is 0. The number of hydrogen-bond donors (Lipinski definition) is 2. The Hall–Kier alpha value is -1.99. The highest BCUT2D eigenvalue weighted by atomic mass is 32.1. The molecule has 1 saturated heterocycles. The normalized spacial score (nSPS) is 18.6. The summed E-state index contributed by atoms with van der Waals surface area (Å²) >= 11 is 1.62. The second-order valence-electron chi connectivity index (χ2n) is 6.21. The molecular formula is C17H22N4O2S. The molecule has 0 spiro atoms. The second kappa shape index (κ2) is 7.27. The molecule has 3 rings (SSSR count). The van der Waals surface area contributed by atoms with E-state index in [1.807, 2.05) is 25.1 Å². The maximum atomic E-state index is 12.3. The molecule has 2 heterocycles. The van der Waals surface area contributed by atoms with Gasteiger partial charge in [0.1, 0.15) is 0 Å². The third kappa shape index (κ3) is 3.91. The molecule has 0 bridgehead atoms. The van der Waals surface area contributed by atoms with Crippen LogP contribution in [0.25, 0.3) is 10.2 Å². The molecule has 7 heteroatoms. The van der Waals surface area contributed by atoms with Crippen LogP contribution in [0.5, 0.6) is 0 Å². The Kier molecular flexibility index (Phi) is 5.11. The summed E-state index contributed by atoms with van der Waals surface area (Å²) in [6.07, 6.45) is 1.84. The van der Waals surface area contributed by atoms with Crippen molar-refractivity contribution in [3.05, 3.63) is 28.8 Å². The van der Waals surface area contributed by atoms with E-state index < -0.39 is 0 Å². The number of benzene rings is 1. The molecule has 1 aromatic heterocycles.